The Morgan fingerprint density at radius 2 is 1.92 bits per heavy atom. The first-order chi connectivity index (χ1) is 11.8. The minimum absolute atomic E-state index is 0.0448. The molecule has 0 saturated carbocycles. The van der Waals surface area contributed by atoms with E-state index in [0.717, 1.165) is 24.6 Å². The summed E-state index contributed by atoms with van der Waals surface area (Å²) in [5.74, 6) is -0.298. The predicted molar refractivity (Wildman–Crippen MR) is 101 cm³/mol. The second-order valence-corrected chi connectivity index (χ2v) is 7.66. The van der Waals surface area contributed by atoms with Crippen molar-refractivity contribution in [3.05, 3.63) is 23.3 Å². The number of ether oxygens (including phenoxy) is 1. The molecule has 5 nitrogen and oxygen atoms in total. The van der Waals surface area contributed by atoms with Gasteiger partial charge in [-0.1, -0.05) is 50.8 Å². The Balaban J connectivity index is 2.24. The summed E-state index contributed by atoms with van der Waals surface area (Å²) in [5.41, 5.74) is -0.671. The van der Waals surface area contributed by atoms with Crippen LogP contribution in [0.3, 0.4) is 0 Å². The van der Waals surface area contributed by atoms with Crippen LogP contribution in [0.5, 0.6) is 0 Å². The number of thioether (sulfide) groups is 1. The van der Waals surface area contributed by atoms with Crippen molar-refractivity contribution >= 4 is 28.6 Å². The summed E-state index contributed by atoms with van der Waals surface area (Å²) in [6, 6.07) is 0. The maximum absolute atomic E-state index is 12.0. The summed E-state index contributed by atoms with van der Waals surface area (Å²) in [4.78, 5) is 35.3. The highest BCUT2D eigenvalue weighted by atomic mass is 32.2. The molecule has 1 amide bonds. The molecule has 1 aliphatic heterocycles. The van der Waals surface area contributed by atoms with Crippen LogP contribution in [0.2, 0.25) is 0 Å². The van der Waals surface area contributed by atoms with E-state index in [1.807, 2.05) is 0 Å². The van der Waals surface area contributed by atoms with E-state index < -0.39 is 5.60 Å². The number of hydrogen-bond acceptors (Lipinski definition) is 5. The van der Waals surface area contributed by atoms with Crippen LogP contribution < -0.4 is 5.32 Å². The number of ketones is 1. The van der Waals surface area contributed by atoms with Crippen LogP contribution in [0.25, 0.3) is 0 Å². The Hall–Kier alpha value is -1.56. The number of allylic oxidation sites excluding steroid dienone is 1. The molecular formula is C19H29NO4S. The third-order valence-corrected chi connectivity index (χ3v) is 4.39. The van der Waals surface area contributed by atoms with Crippen LogP contribution in [-0.4, -0.2) is 29.0 Å². The van der Waals surface area contributed by atoms with Gasteiger partial charge in [0.2, 0.25) is 5.91 Å². The van der Waals surface area contributed by atoms with Gasteiger partial charge < -0.3 is 10.1 Å². The van der Waals surface area contributed by atoms with Gasteiger partial charge in [0.25, 0.3) is 5.12 Å². The van der Waals surface area contributed by atoms with E-state index in [1.54, 1.807) is 13.8 Å². The molecule has 0 unspecified atom stereocenters. The van der Waals surface area contributed by atoms with E-state index in [-0.39, 0.29) is 29.0 Å². The Kier molecular flexibility index (Phi) is 9.57. The molecule has 1 N–H and O–H groups in total. The Morgan fingerprint density at radius 1 is 1.24 bits per heavy atom. The predicted octanol–water partition coefficient (Wildman–Crippen LogP) is 3.89. The lowest BCUT2D eigenvalue weighted by Gasteiger charge is -2.29. The molecule has 0 bridgehead atoms. The van der Waals surface area contributed by atoms with E-state index in [2.05, 4.69) is 12.2 Å². The van der Waals surface area contributed by atoms with Gasteiger partial charge in [0, 0.05) is 25.1 Å². The van der Waals surface area contributed by atoms with E-state index in [9.17, 15) is 14.4 Å². The van der Waals surface area contributed by atoms with Crippen molar-refractivity contribution in [3.8, 4) is 0 Å². The number of amides is 1. The Morgan fingerprint density at radius 3 is 2.60 bits per heavy atom. The van der Waals surface area contributed by atoms with Crippen LogP contribution in [-0.2, 0) is 19.1 Å². The zero-order valence-corrected chi connectivity index (χ0v) is 16.2. The first-order valence-electron chi connectivity index (χ1n) is 8.93. The average Bonchev–Trinajstić information content (AvgIpc) is 2.52. The van der Waals surface area contributed by atoms with Crippen LogP contribution in [0, 0.1) is 0 Å². The highest BCUT2D eigenvalue weighted by Crippen LogP contribution is 2.27. The zero-order valence-electron chi connectivity index (χ0n) is 15.4. The minimum atomic E-state index is -0.671. The van der Waals surface area contributed by atoms with Gasteiger partial charge >= 0.3 is 0 Å². The number of carbonyl (C=O) groups excluding carboxylic acids is 3. The fraction of sp³-hybridized carbons (Fsp3) is 0.632. The topological polar surface area (TPSA) is 72.5 Å². The molecule has 1 rings (SSSR count). The molecule has 0 fully saturated rings. The SMILES string of the molecule is CCCCCCCCNC(=O)/C=C\SC(=O)C1=CC(=O)CC(C)(C)O1. The van der Waals surface area contributed by atoms with Crippen molar-refractivity contribution in [2.24, 2.45) is 0 Å². The molecule has 0 saturated heterocycles. The van der Waals surface area contributed by atoms with Gasteiger partial charge in [-0.25, -0.2) is 0 Å². The third-order valence-electron chi connectivity index (χ3n) is 3.70. The van der Waals surface area contributed by atoms with Gasteiger partial charge in [-0.05, 0) is 25.7 Å². The second kappa shape index (κ2) is 11.1. The fourth-order valence-corrected chi connectivity index (χ4v) is 3.00. The van der Waals surface area contributed by atoms with E-state index >= 15 is 0 Å². The maximum atomic E-state index is 12.0. The highest BCUT2D eigenvalue weighted by molar-refractivity contribution is 8.16. The van der Waals surface area contributed by atoms with Crippen LogP contribution in [0.15, 0.2) is 23.3 Å². The van der Waals surface area contributed by atoms with Gasteiger partial charge in [0.1, 0.15) is 5.60 Å². The molecule has 25 heavy (non-hydrogen) atoms. The molecule has 6 heteroatoms. The molecular weight excluding hydrogens is 338 g/mol. The Labute approximate surface area is 154 Å². The number of rotatable bonds is 10. The zero-order chi connectivity index (χ0) is 18.7. The van der Waals surface area contributed by atoms with Gasteiger partial charge in [-0.15, -0.1) is 0 Å². The molecule has 0 aromatic carbocycles. The van der Waals surface area contributed by atoms with Gasteiger partial charge in [0.05, 0.1) is 0 Å². The number of hydrogen-bond donors (Lipinski definition) is 1. The molecule has 1 heterocycles. The molecule has 0 aromatic rings. The average molecular weight is 368 g/mol. The van der Waals surface area contributed by atoms with Crippen LogP contribution in [0.4, 0.5) is 0 Å². The largest absolute Gasteiger partial charge is 0.483 e. The standard InChI is InChI=1S/C19H29NO4S/c1-4-5-6-7-8-9-11-20-17(22)10-12-25-18(23)16-13-15(21)14-19(2,3)24-16/h10,12-13H,4-9,11,14H2,1-3H3,(H,20,22)/b12-10-. The lowest BCUT2D eigenvalue weighted by molar-refractivity contribution is -0.126. The lowest BCUT2D eigenvalue weighted by Crippen LogP contribution is -2.32. The molecule has 140 valence electrons. The van der Waals surface area contributed by atoms with Crippen molar-refractivity contribution in [1.82, 2.24) is 5.32 Å². The molecule has 0 aromatic heterocycles. The van der Waals surface area contributed by atoms with Crippen molar-refractivity contribution in [3.63, 3.8) is 0 Å². The maximum Gasteiger partial charge on any atom is 0.258 e. The van der Waals surface area contributed by atoms with E-state index in [0.29, 0.717) is 6.54 Å². The fourth-order valence-electron chi connectivity index (χ4n) is 2.47. The van der Waals surface area contributed by atoms with E-state index in [1.165, 1.54) is 43.2 Å². The van der Waals surface area contributed by atoms with Gasteiger partial charge in [-0.3, -0.25) is 14.4 Å². The summed E-state index contributed by atoms with van der Waals surface area (Å²) < 4.78 is 5.52. The number of unbranched alkanes of at least 4 members (excludes halogenated alkanes) is 5. The summed E-state index contributed by atoms with van der Waals surface area (Å²) >= 11 is 0.841. The number of carbonyl (C=O) groups is 3. The first-order valence-corrected chi connectivity index (χ1v) is 9.81. The number of nitrogens with one attached hydrogen (secondary N) is 1. The van der Waals surface area contributed by atoms with E-state index in [4.69, 9.17) is 4.74 Å². The molecule has 0 radical (unpaired) electrons. The molecule has 0 atom stereocenters. The summed E-state index contributed by atoms with van der Waals surface area (Å²) in [5, 5.41) is 3.85. The van der Waals surface area contributed by atoms with Crippen LogP contribution in [0.1, 0.15) is 65.7 Å². The monoisotopic (exact) mass is 367 g/mol. The summed E-state index contributed by atoms with van der Waals surface area (Å²) in [7, 11) is 0. The van der Waals surface area contributed by atoms with Gasteiger partial charge in [-0.2, -0.15) is 0 Å². The molecule has 1 aliphatic rings. The lowest BCUT2D eigenvalue weighted by atomic mass is 9.99. The van der Waals surface area contributed by atoms with Crippen molar-refractivity contribution < 1.29 is 19.1 Å². The first kappa shape index (κ1) is 21.5. The third kappa shape index (κ3) is 9.48. The Bertz CT molecular complexity index is 538. The second-order valence-electron chi connectivity index (χ2n) is 6.78. The molecule has 0 spiro atoms. The van der Waals surface area contributed by atoms with Crippen molar-refractivity contribution in [2.45, 2.75) is 71.3 Å². The quantitative estimate of drug-likeness (QED) is 0.468. The normalized spacial score (nSPS) is 16.4. The van der Waals surface area contributed by atoms with Crippen molar-refractivity contribution in [2.75, 3.05) is 6.54 Å². The van der Waals surface area contributed by atoms with Gasteiger partial charge in [0.15, 0.2) is 11.5 Å². The summed E-state index contributed by atoms with van der Waals surface area (Å²) in [6.07, 6.45) is 9.84. The highest BCUT2D eigenvalue weighted by Gasteiger charge is 2.31. The minimum Gasteiger partial charge on any atom is -0.483 e. The van der Waals surface area contributed by atoms with Crippen LogP contribution >= 0.6 is 11.8 Å². The smallest absolute Gasteiger partial charge is 0.258 e. The molecule has 0 aliphatic carbocycles. The van der Waals surface area contributed by atoms with Crippen molar-refractivity contribution in [1.29, 1.82) is 0 Å². The summed E-state index contributed by atoms with van der Waals surface area (Å²) in [6.45, 7) is 6.36.